The van der Waals surface area contributed by atoms with Gasteiger partial charge in [-0.2, -0.15) is 0 Å². The molecule has 0 fully saturated rings. The summed E-state index contributed by atoms with van der Waals surface area (Å²) >= 11 is 0. The van der Waals surface area contributed by atoms with Gasteiger partial charge >= 0.3 is 0 Å². The van der Waals surface area contributed by atoms with E-state index < -0.39 is 0 Å². The smallest absolute Gasteiger partial charge is 0.196 e. The monoisotopic (exact) mass is 254 g/mol. The molecular weight excluding hydrogens is 236 g/mol. The fourth-order valence-electron chi connectivity index (χ4n) is 2.24. The lowest BCUT2D eigenvalue weighted by molar-refractivity contribution is 0.259. The van der Waals surface area contributed by atoms with Gasteiger partial charge in [0.1, 0.15) is 5.75 Å². The van der Waals surface area contributed by atoms with Gasteiger partial charge in [0.15, 0.2) is 6.23 Å². The first-order valence-electron chi connectivity index (χ1n) is 6.44. The molecule has 98 valence electrons. The minimum absolute atomic E-state index is 0.0898. The Morgan fingerprint density at radius 3 is 2.47 bits per heavy atom. The van der Waals surface area contributed by atoms with Crippen molar-refractivity contribution in [2.24, 2.45) is 0 Å². The van der Waals surface area contributed by atoms with Crippen LogP contribution in [-0.4, -0.2) is 14.1 Å². The van der Waals surface area contributed by atoms with Crippen LogP contribution in [0.1, 0.15) is 17.4 Å². The molecule has 0 saturated carbocycles. The third-order valence-corrected chi connectivity index (χ3v) is 3.38. The van der Waals surface area contributed by atoms with E-state index in [-0.39, 0.29) is 6.23 Å². The topological polar surface area (TPSA) is 24.5 Å². The summed E-state index contributed by atoms with van der Waals surface area (Å²) in [5.41, 5.74) is 4.60. The van der Waals surface area contributed by atoms with Crippen LogP contribution in [-0.2, 0) is 0 Å². The van der Waals surface area contributed by atoms with Crippen LogP contribution in [0.4, 0.5) is 11.4 Å². The molecule has 0 bridgehead atoms. The zero-order valence-corrected chi connectivity index (χ0v) is 11.5. The number of benzene rings is 2. The summed E-state index contributed by atoms with van der Waals surface area (Å²) in [4.78, 5) is 2.09. The van der Waals surface area contributed by atoms with Gasteiger partial charge in [0.05, 0.1) is 5.69 Å². The molecule has 0 unspecified atom stereocenters. The minimum Gasteiger partial charge on any atom is -0.464 e. The van der Waals surface area contributed by atoms with Crippen molar-refractivity contribution in [3.05, 3.63) is 53.6 Å². The third-order valence-electron chi connectivity index (χ3n) is 3.38. The fraction of sp³-hybridized carbons (Fsp3) is 0.250. The summed E-state index contributed by atoms with van der Waals surface area (Å²) in [5, 5.41) is 3.39. The number of fused-ring (bicyclic) bond motifs is 1. The first-order valence-corrected chi connectivity index (χ1v) is 6.44. The van der Waals surface area contributed by atoms with Gasteiger partial charge in [-0.1, -0.05) is 18.2 Å². The Bertz CT molecular complexity index is 590. The van der Waals surface area contributed by atoms with E-state index in [1.54, 1.807) is 0 Å². The summed E-state index contributed by atoms with van der Waals surface area (Å²) in [6.07, 6.45) is -0.0898. The van der Waals surface area contributed by atoms with Gasteiger partial charge in [0, 0.05) is 25.3 Å². The Morgan fingerprint density at radius 2 is 1.79 bits per heavy atom. The van der Waals surface area contributed by atoms with Crippen molar-refractivity contribution in [2.75, 3.05) is 24.3 Å². The third kappa shape index (κ3) is 2.24. The Labute approximate surface area is 113 Å². The van der Waals surface area contributed by atoms with Crippen LogP contribution < -0.4 is 15.0 Å². The molecule has 0 saturated heterocycles. The van der Waals surface area contributed by atoms with E-state index in [9.17, 15) is 0 Å². The largest absolute Gasteiger partial charge is 0.464 e. The van der Waals surface area contributed by atoms with E-state index in [2.05, 4.69) is 59.6 Å². The number of nitrogens with zero attached hydrogens (tertiary/aromatic N) is 1. The number of nitrogens with one attached hydrogen (secondary N) is 1. The standard InChI is InChI=1S/C16H18N2O/c1-11-4-9-14-15(10-11)19-16(17-14)12-5-7-13(8-6-12)18(2)3/h4-10,16-17H,1-3H3/t16-/m0/s1. The van der Waals surface area contributed by atoms with Crippen molar-refractivity contribution < 1.29 is 4.74 Å². The maximum absolute atomic E-state index is 5.95. The Balaban J connectivity index is 1.82. The van der Waals surface area contributed by atoms with Crippen molar-refractivity contribution >= 4 is 11.4 Å². The lowest BCUT2D eigenvalue weighted by Gasteiger charge is -2.15. The molecule has 3 rings (SSSR count). The second kappa shape index (κ2) is 4.50. The highest BCUT2D eigenvalue weighted by molar-refractivity contribution is 5.62. The number of rotatable bonds is 2. The number of hydrogen-bond donors (Lipinski definition) is 1. The van der Waals surface area contributed by atoms with Crippen molar-refractivity contribution in [2.45, 2.75) is 13.2 Å². The molecule has 2 aromatic rings. The highest BCUT2D eigenvalue weighted by Crippen LogP contribution is 2.38. The Hall–Kier alpha value is -2.16. The molecule has 0 aromatic heterocycles. The number of aryl methyl sites for hydroxylation is 1. The van der Waals surface area contributed by atoms with Gasteiger partial charge in [0.2, 0.25) is 0 Å². The molecule has 1 N–H and O–H groups in total. The van der Waals surface area contributed by atoms with Crippen LogP contribution in [0.25, 0.3) is 0 Å². The Morgan fingerprint density at radius 1 is 1.05 bits per heavy atom. The summed E-state index contributed by atoms with van der Waals surface area (Å²) < 4.78 is 5.95. The van der Waals surface area contributed by atoms with Crippen LogP contribution in [0, 0.1) is 6.92 Å². The zero-order chi connectivity index (χ0) is 13.4. The van der Waals surface area contributed by atoms with E-state index >= 15 is 0 Å². The molecule has 1 atom stereocenters. The zero-order valence-electron chi connectivity index (χ0n) is 11.5. The molecule has 0 amide bonds. The summed E-state index contributed by atoms with van der Waals surface area (Å²) in [5.74, 6) is 0.932. The minimum atomic E-state index is -0.0898. The van der Waals surface area contributed by atoms with E-state index in [4.69, 9.17) is 4.74 Å². The van der Waals surface area contributed by atoms with Gasteiger partial charge in [0.25, 0.3) is 0 Å². The molecule has 2 aromatic carbocycles. The van der Waals surface area contributed by atoms with Crippen LogP contribution in [0.15, 0.2) is 42.5 Å². The SMILES string of the molecule is Cc1ccc2c(c1)O[C@@H](c1ccc(N(C)C)cc1)N2. The van der Waals surface area contributed by atoms with E-state index in [0.717, 1.165) is 17.0 Å². The van der Waals surface area contributed by atoms with Crippen LogP contribution in [0.5, 0.6) is 5.75 Å². The van der Waals surface area contributed by atoms with E-state index in [1.807, 2.05) is 14.1 Å². The summed E-state index contributed by atoms with van der Waals surface area (Å²) in [7, 11) is 4.08. The van der Waals surface area contributed by atoms with Crippen LogP contribution in [0.2, 0.25) is 0 Å². The Kier molecular flexibility index (Phi) is 2.82. The van der Waals surface area contributed by atoms with Crippen LogP contribution in [0.3, 0.4) is 0 Å². The molecule has 1 aliphatic rings. The summed E-state index contributed by atoms with van der Waals surface area (Å²) in [6, 6.07) is 14.6. The maximum Gasteiger partial charge on any atom is 0.196 e. The second-order valence-corrected chi connectivity index (χ2v) is 5.13. The second-order valence-electron chi connectivity index (χ2n) is 5.13. The average molecular weight is 254 g/mol. The molecule has 1 heterocycles. The molecular formula is C16H18N2O. The van der Waals surface area contributed by atoms with Gasteiger partial charge in [-0.15, -0.1) is 0 Å². The number of ether oxygens (including phenoxy) is 1. The molecule has 0 radical (unpaired) electrons. The van der Waals surface area contributed by atoms with E-state index in [1.165, 1.54) is 11.3 Å². The lowest BCUT2D eigenvalue weighted by Crippen LogP contribution is -2.11. The van der Waals surface area contributed by atoms with Crippen LogP contribution >= 0.6 is 0 Å². The fourth-order valence-corrected chi connectivity index (χ4v) is 2.24. The quantitative estimate of drug-likeness (QED) is 0.886. The van der Waals surface area contributed by atoms with Gasteiger partial charge < -0.3 is 15.0 Å². The molecule has 19 heavy (non-hydrogen) atoms. The van der Waals surface area contributed by atoms with Crippen molar-refractivity contribution in [1.29, 1.82) is 0 Å². The van der Waals surface area contributed by atoms with Gasteiger partial charge in [-0.3, -0.25) is 0 Å². The molecule has 0 spiro atoms. The molecule has 0 aliphatic carbocycles. The lowest BCUT2D eigenvalue weighted by atomic mass is 10.1. The highest BCUT2D eigenvalue weighted by atomic mass is 16.5. The molecule has 1 aliphatic heterocycles. The van der Waals surface area contributed by atoms with Crippen molar-refractivity contribution in [3.63, 3.8) is 0 Å². The van der Waals surface area contributed by atoms with Gasteiger partial charge in [-0.05, 0) is 36.8 Å². The first kappa shape index (κ1) is 11.9. The number of hydrogen-bond acceptors (Lipinski definition) is 3. The predicted molar refractivity (Wildman–Crippen MR) is 78.9 cm³/mol. The molecule has 3 nitrogen and oxygen atoms in total. The van der Waals surface area contributed by atoms with E-state index in [0.29, 0.717) is 0 Å². The maximum atomic E-state index is 5.95. The average Bonchev–Trinajstić information content (AvgIpc) is 2.81. The van der Waals surface area contributed by atoms with Crippen molar-refractivity contribution in [3.8, 4) is 5.75 Å². The number of anilines is 2. The predicted octanol–water partition coefficient (Wildman–Crippen LogP) is 3.56. The summed E-state index contributed by atoms with van der Waals surface area (Å²) in [6.45, 7) is 2.07. The highest BCUT2D eigenvalue weighted by Gasteiger charge is 2.23. The van der Waals surface area contributed by atoms with Crippen molar-refractivity contribution in [1.82, 2.24) is 0 Å². The first-order chi connectivity index (χ1) is 9.13. The molecule has 3 heteroatoms. The normalized spacial score (nSPS) is 16.5. The van der Waals surface area contributed by atoms with Gasteiger partial charge in [-0.25, -0.2) is 0 Å².